The Morgan fingerprint density at radius 1 is 1.41 bits per heavy atom. The molecule has 3 rings (SSSR count). The third-order valence-corrected chi connectivity index (χ3v) is 4.18. The van der Waals surface area contributed by atoms with Gasteiger partial charge in [0.05, 0.1) is 29.9 Å². The van der Waals surface area contributed by atoms with E-state index in [-0.39, 0.29) is 6.61 Å². The van der Waals surface area contributed by atoms with Gasteiger partial charge in [-0.25, -0.2) is 9.59 Å². The summed E-state index contributed by atoms with van der Waals surface area (Å²) in [5.74, 6) is -1.53. The zero-order chi connectivity index (χ0) is 15.9. The highest BCUT2D eigenvalue weighted by Gasteiger charge is 2.42. The maximum Gasteiger partial charge on any atom is 0.337 e. The molecule has 0 aromatic heterocycles. The molecule has 0 fully saturated rings. The van der Waals surface area contributed by atoms with Gasteiger partial charge in [-0.2, -0.15) is 0 Å². The summed E-state index contributed by atoms with van der Waals surface area (Å²) in [6.07, 6.45) is 0. The second-order valence-electron chi connectivity index (χ2n) is 5.08. The molecule has 0 spiro atoms. The van der Waals surface area contributed by atoms with Gasteiger partial charge >= 0.3 is 11.9 Å². The molecule has 0 saturated heterocycles. The Labute approximate surface area is 132 Å². The minimum atomic E-state index is -0.590. The Morgan fingerprint density at radius 3 is 2.82 bits per heavy atom. The van der Waals surface area contributed by atoms with E-state index in [1.54, 1.807) is 25.1 Å². The quantitative estimate of drug-likeness (QED) is 0.847. The van der Waals surface area contributed by atoms with Crippen molar-refractivity contribution in [2.45, 2.75) is 12.8 Å². The molecule has 0 bridgehead atoms. The van der Waals surface area contributed by atoms with Gasteiger partial charge in [-0.05, 0) is 18.6 Å². The van der Waals surface area contributed by atoms with Crippen LogP contribution < -0.4 is 5.32 Å². The molecule has 2 aliphatic rings. The van der Waals surface area contributed by atoms with Crippen LogP contribution in [0, 0.1) is 0 Å². The van der Waals surface area contributed by atoms with Gasteiger partial charge in [-0.3, -0.25) is 0 Å². The number of rotatable bonds is 2. The summed E-state index contributed by atoms with van der Waals surface area (Å²) >= 11 is 6.29. The molecule has 0 amide bonds. The Balaban J connectivity index is 2.22. The Kier molecular flexibility index (Phi) is 3.66. The summed E-state index contributed by atoms with van der Waals surface area (Å²) in [7, 11) is 1.31. The molecule has 6 heteroatoms. The van der Waals surface area contributed by atoms with E-state index < -0.39 is 17.9 Å². The fourth-order valence-electron chi connectivity index (χ4n) is 2.87. The Bertz CT molecular complexity index is 735. The van der Waals surface area contributed by atoms with Crippen LogP contribution in [0.1, 0.15) is 18.4 Å². The lowest BCUT2D eigenvalue weighted by Crippen LogP contribution is -2.30. The number of hydrogen-bond acceptors (Lipinski definition) is 5. The number of hydrogen-bond donors (Lipinski definition) is 1. The molecular weight excluding hydrogens is 306 g/mol. The van der Waals surface area contributed by atoms with Crippen LogP contribution in [0.4, 0.5) is 0 Å². The van der Waals surface area contributed by atoms with Gasteiger partial charge in [0.25, 0.3) is 0 Å². The van der Waals surface area contributed by atoms with Crippen LogP contribution >= 0.6 is 11.6 Å². The number of carbonyl (C=O) groups is 2. The summed E-state index contributed by atoms with van der Waals surface area (Å²) in [5, 5.41) is 3.54. The number of benzene rings is 1. The van der Waals surface area contributed by atoms with Crippen molar-refractivity contribution < 1.29 is 19.1 Å². The third-order valence-electron chi connectivity index (χ3n) is 3.83. The van der Waals surface area contributed by atoms with Crippen molar-refractivity contribution in [2.24, 2.45) is 0 Å². The van der Waals surface area contributed by atoms with E-state index in [0.717, 1.165) is 0 Å². The first-order chi connectivity index (χ1) is 10.5. The predicted molar refractivity (Wildman–Crippen MR) is 80.0 cm³/mol. The first kappa shape index (κ1) is 14.7. The van der Waals surface area contributed by atoms with Gasteiger partial charge in [0, 0.05) is 10.7 Å². The first-order valence-electron chi connectivity index (χ1n) is 6.75. The molecule has 0 radical (unpaired) electrons. The number of allylic oxidation sites excluding steroid dienone is 1. The standard InChI is InChI=1S/C16H14ClNO4/c1-8-12(15(19)21-2)13(9-5-3-4-6-10(9)17)14-11(18-8)7-22-16(14)20/h3-6,13,18H,7H2,1-2H3. The number of dihydropyridines is 1. The van der Waals surface area contributed by atoms with Crippen molar-refractivity contribution in [2.75, 3.05) is 13.7 Å². The van der Waals surface area contributed by atoms with Crippen molar-refractivity contribution in [1.82, 2.24) is 5.32 Å². The molecule has 2 aliphatic heterocycles. The van der Waals surface area contributed by atoms with E-state index in [1.165, 1.54) is 7.11 Å². The van der Waals surface area contributed by atoms with E-state index in [9.17, 15) is 9.59 Å². The van der Waals surface area contributed by atoms with Crippen molar-refractivity contribution in [3.8, 4) is 0 Å². The fourth-order valence-corrected chi connectivity index (χ4v) is 3.11. The predicted octanol–water partition coefficient (Wildman–Crippen LogP) is 2.28. The van der Waals surface area contributed by atoms with Crippen LogP contribution in [0.2, 0.25) is 5.02 Å². The van der Waals surface area contributed by atoms with Gasteiger partial charge < -0.3 is 14.8 Å². The van der Waals surface area contributed by atoms with Gasteiger partial charge in [-0.15, -0.1) is 0 Å². The van der Waals surface area contributed by atoms with E-state index >= 15 is 0 Å². The molecule has 22 heavy (non-hydrogen) atoms. The first-order valence-corrected chi connectivity index (χ1v) is 7.13. The SMILES string of the molecule is COC(=O)C1=C(C)NC2=C(C(=O)OC2)C1c1ccccc1Cl. The summed E-state index contributed by atoms with van der Waals surface area (Å²) in [4.78, 5) is 24.4. The van der Waals surface area contributed by atoms with Crippen molar-refractivity contribution in [3.05, 3.63) is 57.4 Å². The molecule has 2 heterocycles. The molecule has 0 aliphatic carbocycles. The van der Waals surface area contributed by atoms with Crippen molar-refractivity contribution in [1.29, 1.82) is 0 Å². The molecular formula is C16H14ClNO4. The Hall–Kier alpha value is -2.27. The minimum absolute atomic E-state index is 0.168. The van der Waals surface area contributed by atoms with Crippen LogP contribution in [0.5, 0.6) is 0 Å². The molecule has 5 nitrogen and oxygen atoms in total. The fraction of sp³-hybridized carbons (Fsp3) is 0.250. The summed E-state index contributed by atoms with van der Waals surface area (Å²) < 4.78 is 9.98. The number of nitrogens with one attached hydrogen (secondary N) is 1. The van der Waals surface area contributed by atoms with Gasteiger partial charge in [0.1, 0.15) is 6.61 Å². The largest absolute Gasteiger partial charge is 0.466 e. The normalized spacial score (nSPS) is 20.5. The van der Waals surface area contributed by atoms with Gasteiger partial charge in [0.15, 0.2) is 0 Å². The number of halogens is 1. The molecule has 0 saturated carbocycles. The van der Waals surface area contributed by atoms with Crippen LogP contribution in [-0.2, 0) is 19.1 Å². The smallest absolute Gasteiger partial charge is 0.337 e. The van der Waals surface area contributed by atoms with E-state index in [0.29, 0.717) is 33.1 Å². The van der Waals surface area contributed by atoms with Crippen LogP contribution in [0.25, 0.3) is 0 Å². The highest BCUT2D eigenvalue weighted by Crippen LogP contribution is 2.43. The van der Waals surface area contributed by atoms with E-state index in [4.69, 9.17) is 21.1 Å². The maximum atomic E-state index is 12.2. The molecule has 1 unspecified atom stereocenters. The lowest BCUT2D eigenvalue weighted by atomic mass is 9.81. The molecule has 1 atom stereocenters. The average Bonchev–Trinajstić information content (AvgIpc) is 2.87. The highest BCUT2D eigenvalue weighted by molar-refractivity contribution is 6.31. The lowest BCUT2D eigenvalue weighted by Gasteiger charge is -2.27. The molecule has 1 aromatic carbocycles. The lowest BCUT2D eigenvalue weighted by molar-refractivity contribution is -0.136. The Morgan fingerprint density at radius 2 is 2.14 bits per heavy atom. The topological polar surface area (TPSA) is 64.6 Å². The zero-order valence-electron chi connectivity index (χ0n) is 12.1. The zero-order valence-corrected chi connectivity index (χ0v) is 12.9. The number of methoxy groups -OCH3 is 1. The summed E-state index contributed by atoms with van der Waals surface area (Å²) in [6, 6.07) is 7.13. The van der Waals surface area contributed by atoms with Gasteiger partial charge in [0.2, 0.25) is 0 Å². The van der Waals surface area contributed by atoms with Crippen LogP contribution in [-0.4, -0.2) is 25.7 Å². The molecule has 1 N–H and O–H groups in total. The van der Waals surface area contributed by atoms with Crippen LogP contribution in [0.3, 0.4) is 0 Å². The second kappa shape index (κ2) is 5.50. The number of cyclic esters (lactones) is 1. The second-order valence-corrected chi connectivity index (χ2v) is 5.49. The number of ether oxygens (including phenoxy) is 2. The number of carbonyl (C=O) groups excluding carboxylic acids is 2. The van der Waals surface area contributed by atoms with E-state index in [2.05, 4.69) is 5.32 Å². The molecule has 1 aromatic rings. The van der Waals surface area contributed by atoms with Crippen molar-refractivity contribution in [3.63, 3.8) is 0 Å². The molecule has 114 valence electrons. The number of esters is 2. The van der Waals surface area contributed by atoms with Crippen molar-refractivity contribution >= 4 is 23.5 Å². The third kappa shape index (κ3) is 2.18. The summed E-state index contributed by atoms with van der Waals surface area (Å²) in [5.41, 5.74) is 2.76. The van der Waals surface area contributed by atoms with Gasteiger partial charge in [-0.1, -0.05) is 29.8 Å². The minimum Gasteiger partial charge on any atom is -0.466 e. The summed E-state index contributed by atoms with van der Waals surface area (Å²) in [6.45, 7) is 1.93. The van der Waals surface area contributed by atoms with E-state index in [1.807, 2.05) is 6.07 Å². The van der Waals surface area contributed by atoms with Crippen LogP contribution in [0.15, 0.2) is 46.8 Å². The monoisotopic (exact) mass is 319 g/mol. The average molecular weight is 320 g/mol. The highest BCUT2D eigenvalue weighted by atomic mass is 35.5. The maximum absolute atomic E-state index is 12.2.